The molecule has 19 heavy (non-hydrogen) atoms. The van der Waals surface area contributed by atoms with Crippen LogP contribution in [0.3, 0.4) is 0 Å². The summed E-state index contributed by atoms with van der Waals surface area (Å²) in [7, 11) is 1.73. The molecule has 0 bridgehead atoms. The lowest BCUT2D eigenvalue weighted by Gasteiger charge is -2.16. The van der Waals surface area contributed by atoms with Gasteiger partial charge in [-0.2, -0.15) is 0 Å². The van der Waals surface area contributed by atoms with Crippen LogP contribution in [0.4, 0.5) is 5.69 Å². The van der Waals surface area contributed by atoms with Crippen LogP contribution in [0, 0.1) is 0 Å². The molecule has 0 aliphatic rings. The van der Waals surface area contributed by atoms with Gasteiger partial charge >= 0.3 is 0 Å². The number of hydrogen-bond donors (Lipinski definition) is 2. The van der Waals surface area contributed by atoms with Crippen molar-refractivity contribution in [1.82, 2.24) is 9.88 Å². The number of rotatable bonds is 5. The number of nitrogen functional groups attached to an aromatic ring is 1. The first kappa shape index (κ1) is 13.0. The molecule has 3 N–H and O–H groups in total. The third-order valence-corrected chi connectivity index (χ3v) is 2.72. The molecule has 1 heterocycles. The van der Waals surface area contributed by atoms with Gasteiger partial charge in [-0.05, 0) is 18.2 Å². The smallest absolute Gasteiger partial charge is 0.270 e. The molecule has 5 nitrogen and oxygen atoms in total. The standard InChI is InChI=1S/C14H17N3O2/c1-17(14(18)13-9-11(15)10-16-13)7-8-19-12-5-3-2-4-6-12/h2-6,9-10,16H,7-8,15H2,1H3. The Morgan fingerprint density at radius 2 is 2.11 bits per heavy atom. The molecular weight excluding hydrogens is 242 g/mol. The van der Waals surface area contributed by atoms with E-state index in [4.69, 9.17) is 10.5 Å². The average Bonchev–Trinajstić information content (AvgIpc) is 2.85. The van der Waals surface area contributed by atoms with E-state index in [0.29, 0.717) is 24.5 Å². The maximum atomic E-state index is 12.0. The summed E-state index contributed by atoms with van der Waals surface area (Å²) in [6.07, 6.45) is 1.60. The number of nitrogens with two attached hydrogens (primary N) is 1. The summed E-state index contributed by atoms with van der Waals surface area (Å²) in [6.45, 7) is 0.953. The van der Waals surface area contributed by atoms with Crippen molar-refractivity contribution in [3.63, 3.8) is 0 Å². The fourth-order valence-corrected chi connectivity index (χ4v) is 1.66. The van der Waals surface area contributed by atoms with Gasteiger partial charge in [-0.1, -0.05) is 18.2 Å². The number of hydrogen-bond acceptors (Lipinski definition) is 3. The van der Waals surface area contributed by atoms with E-state index in [1.165, 1.54) is 0 Å². The highest BCUT2D eigenvalue weighted by molar-refractivity contribution is 5.93. The molecule has 0 spiro atoms. The topological polar surface area (TPSA) is 71.3 Å². The number of H-pyrrole nitrogens is 1. The second-order valence-electron chi connectivity index (χ2n) is 4.23. The number of benzene rings is 1. The van der Waals surface area contributed by atoms with Gasteiger partial charge < -0.3 is 20.4 Å². The van der Waals surface area contributed by atoms with Crippen LogP contribution in [-0.4, -0.2) is 36.0 Å². The minimum absolute atomic E-state index is 0.103. The van der Waals surface area contributed by atoms with Gasteiger partial charge in [-0.15, -0.1) is 0 Å². The Bertz CT molecular complexity index is 537. The zero-order valence-electron chi connectivity index (χ0n) is 10.8. The Hall–Kier alpha value is -2.43. The molecule has 2 aromatic rings. The number of ether oxygens (including phenoxy) is 1. The molecule has 0 fully saturated rings. The summed E-state index contributed by atoms with van der Waals surface area (Å²) >= 11 is 0. The van der Waals surface area contributed by atoms with Gasteiger partial charge in [-0.3, -0.25) is 4.79 Å². The highest BCUT2D eigenvalue weighted by atomic mass is 16.5. The number of nitrogens with zero attached hydrogens (tertiary/aromatic N) is 1. The van der Waals surface area contributed by atoms with Gasteiger partial charge in [0.05, 0.1) is 6.54 Å². The fourth-order valence-electron chi connectivity index (χ4n) is 1.66. The summed E-state index contributed by atoms with van der Waals surface area (Å²) < 4.78 is 5.54. The van der Waals surface area contributed by atoms with Gasteiger partial charge in [0, 0.05) is 18.9 Å². The van der Waals surface area contributed by atoms with Crippen molar-refractivity contribution >= 4 is 11.6 Å². The van der Waals surface area contributed by atoms with Crippen LogP contribution in [0.25, 0.3) is 0 Å². The van der Waals surface area contributed by atoms with Crippen LogP contribution in [-0.2, 0) is 0 Å². The SMILES string of the molecule is CN(CCOc1ccccc1)C(=O)c1cc(N)c[nH]1. The Balaban J connectivity index is 1.81. The lowest BCUT2D eigenvalue weighted by molar-refractivity contribution is 0.0768. The summed E-state index contributed by atoms with van der Waals surface area (Å²) in [4.78, 5) is 16.4. The summed E-state index contributed by atoms with van der Waals surface area (Å²) in [5.41, 5.74) is 6.60. The molecular formula is C14H17N3O2. The minimum Gasteiger partial charge on any atom is -0.492 e. The monoisotopic (exact) mass is 259 g/mol. The molecule has 1 aromatic carbocycles. The van der Waals surface area contributed by atoms with E-state index in [9.17, 15) is 4.79 Å². The highest BCUT2D eigenvalue weighted by Crippen LogP contribution is 2.09. The lowest BCUT2D eigenvalue weighted by atomic mass is 10.3. The van der Waals surface area contributed by atoms with Crippen molar-refractivity contribution in [2.75, 3.05) is 25.9 Å². The number of amides is 1. The van der Waals surface area contributed by atoms with Crippen LogP contribution in [0.1, 0.15) is 10.5 Å². The molecule has 1 aromatic heterocycles. The van der Waals surface area contributed by atoms with E-state index in [0.717, 1.165) is 5.75 Å². The van der Waals surface area contributed by atoms with Gasteiger partial charge in [0.1, 0.15) is 18.1 Å². The van der Waals surface area contributed by atoms with Crippen molar-refractivity contribution in [2.45, 2.75) is 0 Å². The van der Waals surface area contributed by atoms with Crippen molar-refractivity contribution in [2.24, 2.45) is 0 Å². The number of para-hydroxylation sites is 1. The summed E-state index contributed by atoms with van der Waals surface area (Å²) in [6, 6.07) is 11.1. The van der Waals surface area contributed by atoms with Gasteiger partial charge in [-0.25, -0.2) is 0 Å². The first-order valence-electron chi connectivity index (χ1n) is 6.04. The quantitative estimate of drug-likeness (QED) is 0.859. The van der Waals surface area contributed by atoms with E-state index >= 15 is 0 Å². The maximum Gasteiger partial charge on any atom is 0.270 e. The third-order valence-electron chi connectivity index (χ3n) is 2.72. The molecule has 100 valence electrons. The van der Waals surface area contributed by atoms with Crippen molar-refractivity contribution in [1.29, 1.82) is 0 Å². The van der Waals surface area contributed by atoms with Crippen LogP contribution in [0.2, 0.25) is 0 Å². The van der Waals surface area contributed by atoms with Crippen LogP contribution >= 0.6 is 0 Å². The molecule has 0 aliphatic carbocycles. The van der Waals surface area contributed by atoms with Crippen molar-refractivity contribution in [3.05, 3.63) is 48.3 Å². The molecule has 0 saturated heterocycles. The normalized spacial score (nSPS) is 10.2. The fraction of sp³-hybridized carbons (Fsp3) is 0.214. The van der Waals surface area contributed by atoms with Crippen molar-refractivity contribution < 1.29 is 9.53 Å². The lowest BCUT2D eigenvalue weighted by Crippen LogP contribution is -2.31. The first-order valence-corrected chi connectivity index (χ1v) is 6.04. The molecule has 0 saturated carbocycles. The molecule has 0 atom stereocenters. The third kappa shape index (κ3) is 3.51. The Kier molecular flexibility index (Phi) is 4.07. The minimum atomic E-state index is -0.103. The second kappa shape index (κ2) is 5.95. The number of likely N-dealkylation sites (N-methyl/N-ethyl adjacent to an activating group) is 1. The molecule has 5 heteroatoms. The summed E-state index contributed by atoms with van der Waals surface area (Å²) in [5, 5.41) is 0. The average molecular weight is 259 g/mol. The van der Waals surface area contributed by atoms with Crippen LogP contribution < -0.4 is 10.5 Å². The van der Waals surface area contributed by atoms with Gasteiger partial charge in [0.2, 0.25) is 0 Å². The Labute approximate surface area is 112 Å². The van der Waals surface area contributed by atoms with E-state index in [1.807, 2.05) is 30.3 Å². The van der Waals surface area contributed by atoms with Gasteiger partial charge in [0.25, 0.3) is 5.91 Å². The number of nitrogens with one attached hydrogen (secondary N) is 1. The number of carbonyl (C=O) groups excluding carboxylic acids is 1. The maximum absolute atomic E-state index is 12.0. The largest absolute Gasteiger partial charge is 0.492 e. The number of aromatic nitrogens is 1. The molecule has 2 rings (SSSR count). The zero-order valence-corrected chi connectivity index (χ0v) is 10.8. The highest BCUT2D eigenvalue weighted by Gasteiger charge is 2.12. The molecule has 1 amide bonds. The predicted molar refractivity (Wildman–Crippen MR) is 74.1 cm³/mol. The van der Waals surface area contributed by atoms with E-state index in [2.05, 4.69) is 4.98 Å². The van der Waals surface area contributed by atoms with Crippen LogP contribution in [0.5, 0.6) is 5.75 Å². The van der Waals surface area contributed by atoms with E-state index in [1.54, 1.807) is 24.2 Å². The van der Waals surface area contributed by atoms with Gasteiger partial charge in [0.15, 0.2) is 0 Å². The Morgan fingerprint density at radius 1 is 1.37 bits per heavy atom. The summed E-state index contributed by atoms with van der Waals surface area (Å²) in [5.74, 6) is 0.695. The predicted octanol–water partition coefficient (Wildman–Crippen LogP) is 1.75. The number of carbonyl (C=O) groups is 1. The zero-order chi connectivity index (χ0) is 13.7. The van der Waals surface area contributed by atoms with Crippen LogP contribution in [0.15, 0.2) is 42.6 Å². The van der Waals surface area contributed by atoms with Crippen molar-refractivity contribution in [3.8, 4) is 5.75 Å². The second-order valence-corrected chi connectivity index (χ2v) is 4.23. The molecule has 0 aliphatic heterocycles. The Morgan fingerprint density at radius 3 is 2.74 bits per heavy atom. The van der Waals surface area contributed by atoms with E-state index < -0.39 is 0 Å². The number of anilines is 1. The molecule has 0 unspecified atom stereocenters. The first-order chi connectivity index (χ1) is 9.16. The number of aromatic amines is 1. The molecule has 0 radical (unpaired) electrons. The van der Waals surface area contributed by atoms with E-state index in [-0.39, 0.29) is 5.91 Å².